The van der Waals surface area contributed by atoms with Gasteiger partial charge in [-0.05, 0) is 18.9 Å². The van der Waals surface area contributed by atoms with Gasteiger partial charge < -0.3 is 10.2 Å². The van der Waals surface area contributed by atoms with Gasteiger partial charge >= 0.3 is 0 Å². The van der Waals surface area contributed by atoms with E-state index in [9.17, 15) is 4.79 Å². The second kappa shape index (κ2) is 7.36. The molecule has 2 rings (SSSR count). The molecule has 1 amide bonds. The Bertz CT molecular complexity index is 443. The number of carbonyl (C=O) groups excluding carboxylic acids is 1. The molecule has 0 radical (unpaired) electrons. The highest BCUT2D eigenvalue weighted by Crippen LogP contribution is 2.11. The lowest BCUT2D eigenvalue weighted by molar-refractivity contribution is -0.126. The van der Waals surface area contributed by atoms with Crippen LogP contribution in [0.25, 0.3) is 0 Å². The van der Waals surface area contributed by atoms with E-state index in [0.717, 1.165) is 38.7 Å². The minimum Gasteiger partial charge on any atom is -0.354 e. The van der Waals surface area contributed by atoms with Crippen molar-refractivity contribution in [3.63, 3.8) is 0 Å². The van der Waals surface area contributed by atoms with Crippen LogP contribution in [0.2, 0.25) is 0 Å². The molecule has 0 bridgehead atoms. The Labute approximate surface area is 126 Å². The second-order valence-electron chi connectivity index (χ2n) is 5.89. The molecule has 0 aliphatic carbocycles. The molecule has 1 atom stereocenters. The van der Waals surface area contributed by atoms with Crippen molar-refractivity contribution in [2.24, 2.45) is 5.92 Å². The molecule has 0 saturated carbocycles. The van der Waals surface area contributed by atoms with Crippen molar-refractivity contribution in [3.05, 3.63) is 18.5 Å². The molecule has 0 spiro atoms. The van der Waals surface area contributed by atoms with Gasteiger partial charge in [0, 0.05) is 45.1 Å². The fourth-order valence-electron chi connectivity index (χ4n) is 2.38. The molecule has 1 aliphatic rings. The zero-order chi connectivity index (χ0) is 15.2. The topological polar surface area (TPSA) is 61.4 Å². The van der Waals surface area contributed by atoms with Crippen molar-refractivity contribution in [2.75, 3.05) is 37.6 Å². The number of amides is 1. The van der Waals surface area contributed by atoms with Crippen LogP contribution in [0.1, 0.15) is 20.8 Å². The van der Waals surface area contributed by atoms with Crippen molar-refractivity contribution < 1.29 is 4.79 Å². The molecular formula is C15H25N5O. The van der Waals surface area contributed by atoms with Crippen LogP contribution in [0.3, 0.4) is 0 Å². The van der Waals surface area contributed by atoms with Crippen LogP contribution in [0.15, 0.2) is 18.5 Å². The molecule has 1 aromatic heterocycles. The Morgan fingerprint density at radius 1 is 1.19 bits per heavy atom. The van der Waals surface area contributed by atoms with E-state index >= 15 is 0 Å². The van der Waals surface area contributed by atoms with Gasteiger partial charge in [0.1, 0.15) is 0 Å². The van der Waals surface area contributed by atoms with Gasteiger partial charge in [-0.25, -0.2) is 9.97 Å². The largest absolute Gasteiger partial charge is 0.354 e. The van der Waals surface area contributed by atoms with Crippen LogP contribution in [-0.4, -0.2) is 59.5 Å². The van der Waals surface area contributed by atoms with E-state index in [1.165, 1.54) is 0 Å². The number of hydrogen-bond acceptors (Lipinski definition) is 5. The highest BCUT2D eigenvalue weighted by atomic mass is 16.2. The van der Waals surface area contributed by atoms with Gasteiger partial charge in [0.15, 0.2) is 0 Å². The van der Waals surface area contributed by atoms with Crippen LogP contribution in [0.4, 0.5) is 5.95 Å². The first-order chi connectivity index (χ1) is 10.1. The average molecular weight is 291 g/mol. The Kier molecular flexibility index (Phi) is 5.50. The molecular weight excluding hydrogens is 266 g/mol. The number of aromatic nitrogens is 2. The first-order valence-corrected chi connectivity index (χ1v) is 7.61. The summed E-state index contributed by atoms with van der Waals surface area (Å²) in [6, 6.07) is 1.74. The molecule has 1 aliphatic heterocycles. The van der Waals surface area contributed by atoms with Crippen LogP contribution in [0, 0.1) is 5.92 Å². The zero-order valence-electron chi connectivity index (χ0n) is 13.1. The third-order valence-electron chi connectivity index (χ3n) is 3.76. The number of nitrogens with one attached hydrogen (secondary N) is 1. The van der Waals surface area contributed by atoms with Crippen molar-refractivity contribution in [2.45, 2.75) is 26.8 Å². The number of rotatable bonds is 5. The van der Waals surface area contributed by atoms with E-state index in [0.29, 0.717) is 5.92 Å². The maximum atomic E-state index is 12.1. The molecule has 0 aromatic carbocycles. The second-order valence-corrected chi connectivity index (χ2v) is 5.89. The summed E-state index contributed by atoms with van der Waals surface area (Å²) in [4.78, 5) is 25.0. The third kappa shape index (κ3) is 4.39. The Morgan fingerprint density at radius 2 is 1.81 bits per heavy atom. The van der Waals surface area contributed by atoms with Crippen LogP contribution >= 0.6 is 0 Å². The Morgan fingerprint density at radius 3 is 2.38 bits per heavy atom. The first-order valence-electron chi connectivity index (χ1n) is 7.61. The predicted octanol–water partition coefficient (Wildman–Crippen LogP) is 0.759. The molecule has 0 unspecified atom stereocenters. The summed E-state index contributed by atoms with van der Waals surface area (Å²) in [6.07, 6.45) is 3.52. The summed E-state index contributed by atoms with van der Waals surface area (Å²) in [7, 11) is 0. The molecule has 6 heteroatoms. The fraction of sp³-hybridized carbons (Fsp3) is 0.667. The molecule has 1 fully saturated rings. The van der Waals surface area contributed by atoms with Gasteiger partial charge in [0.05, 0.1) is 6.04 Å². The smallest absolute Gasteiger partial charge is 0.237 e. The molecule has 2 heterocycles. The number of hydrogen-bond donors (Lipinski definition) is 1. The SMILES string of the molecule is CC(C)CNC(=O)[C@@H](C)N1CCN(c2ncccn2)CC1. The summed E-state index contributed by atoms with van der Waals surface area (Å²) in [5, 5.41) is 3.00. The normalized spacial score (nSPS) is 17.8. The summed E-state index contributed by atoms with van der Waals surface area (Å²) in [5.41, 5.74) is 0. The summed E-state index contributed by atoms with van der Waals surface area (Å²) in [6.45, 7) is 10.3. The number of anilines is 1. The molecule has 1 N–H and O–H groups in total. The van der Waals surface area contributed by atoms with Gasteiger partial charge in [0.2, 0.25) is 11.9 Å². The highest BCUT2D eigenvalue weighted by molar-refractivity contribution is 5.81. The average Bonchev–Trinajstić information content (AvgIpc) is 2.53. The van der Waals surface area contributed by atoms with E-state index in [1.54, 1.807) is 12.4 Å². The minimum absolute atomic E-state index is 0.0809. The van der Waals surface area contributed by atoms with Gasteiger partial charge in [-0.1, -0.05) is 13.8 Å². The van der Waals surface area contributed by atoms with E-state index < -0.39 is 0 Å². The van der Waals surface area contributed by atoms with Gasteiger partial charge in [0.25, 0.3) is 0 Å². The van der Waals surface area contributed by atoms with Gasteiger partial charge in [-0.15, -0.1) is 0 Å². The first kappa shape index (κ1) is 15.7. The quantitative estimate of drug-likeness (QED) is 0.868. The Hall–Kier alpha value is -1.69. The third-order valence-corrected chi connectivity index (χ3v) is 3.76. The Balaban J connectivity index is 1.82. The lowest BCUT2D eigenvalue weighted by Crippen LogP contribution is -2.54. The van der Waals surface area contributed by atoms with Crippen molar-refractivity contribution >= 4 is 11.9 Å². The van der Waals surface area contributed by atoms with E-state index in [1.807, 2.05) is 13.0 Å². The van der Waals surface area contributed by atoms with Gasteiger partial charge in [-0.2, -0.15) is 0 Å². The monoisotopic (exact) mass is 291 g/mol. The van der Waals surface area contributed by atoms with Crippen molar-refractivity contribution in [3.8, 4) is 0 Å². The number of nitrogens with zero attached hydrogens (tertiary/aromatic N) is 4. The summed E-state index contributed by atoms with van der Waals surface area (Å²) in [5.74, 6) is 1.37. The highest BCUT2D eigenvalue weighted by Gasteiger charge is 2.26. The van der Waals surface area contributed by atoms with Crippen LogP contribution < -0.4 is 10.2 Å². The van der Waals surface area contributed by atoms with E-state index in [4.69, 9.17) is 0 Å². The molecule has 1 aromatic rings. The standard InChI is InChI=1S/C15H25N5O/c1-12(2)11-18-14(21)13(3)19-7-9-20(10-8-19)15-16-5-4-6-17-15/h4-6,12-13H,7-11H2,1-3H3,(H,18,21)/t13-/m1/s1. The van der Waals surface area contributed by atoms with Gasteiger partial charge in [-0.3, -0.25) is 9.69 Å². The van der Waals surface area contributed by atoms with E-state index in [-0.39, 0.29) is 11.9 Å². The fourth-order valence-corrected chi connectivity index (χ4v) is 2.38. The minimum atomic E-state index is -0.0809. The lowest BCUT2D eigenvalue weighted by atomic mass is 10.2. The van der Waals surface area contributed by atoms with E-state index in [2.05, 4.69) is 38.9 Å². The maximum absolute atomic E-state index is 12.1. The molecule has 21 heavy (non-hydrogen) atoms. The van der Waals surface area contributed by atoms with Crippen molar-refractivity contribution in [1.29, 1.82) is 0 Å². The van der Waals surface area contributed by atoms with Crippen LogP contribution in [0.5, 0.6) is 0 Å². The van der Waals surface area contributed by atoms with Crippen LogP contribution in [-0.2, 0) is 4.79 Å². The number of carbonyl (C=O) groups is 1. The zero-order valence-corrected chi connectivity index (χ0v) is 13.1. The van der Waals surface area contributed by atoms with Crippen molar-refractivity contribution in [1.82, 2.24) is 20.2 Å². The summed E-state index contributed by atoms with van der Waals surface area (Å²) >= 11 is 0. The molecule has 116 valence electrons. The molecule has 1 saturated heterocycles. The number of piperazine rings is 1. The predicted molar refractivity (Wildman–Crippen MR) is 83.1 cm³/mol. The lowest BCUT2D eigenvalue weighted by Gasteiger charge is -2.37. The summed E-state index contributed by atoms with van der Waals surface area (Å²) < 4.78 is 0. The maximum Gasteiger partial charge on any atom is 0.237 e. The molecule has 6 nitrogen and oxygen atoms in total.